The number of para-hydroxylation sites is 1. The second-order valence-corrected chi connectivity index (χ2v) is 9.15. The van der Waals surface area contributed by atoms with Crippen LogP contribution in [-0.4, -0.2) is 44.7 Å². The molecule has 0 saturated carbocycles. The van der Waals surface area contributed by atoms with E-state index >= 15 is 0 Å². The van der Waals surface area contributed by atoms with Crippen LogP contribution in [0.1, 0.15) is 36.7 Å². The van der Waals surface area contributed by atoms with Gasteiger partial charge in [-0.15, -0.1) is 11.3 Å². The largest absolute Gasteiger partial charge is 0.380 e. The summed E-state index contributed by atoms with van der Waals surface area (Å²) in [5, 5.41) is 10.9. The number of hydrogen-bond donors (Lipinski definition) is 1. The third-order valence-corrected chi connectivity index (χ3v) is 6.57. The van der Waals surface area contributed by atoms with Crippen molar-refractivity contribution in [3.8, 4) is 10.6 Å². The van der Waals surface area contributed by atoms with Gasteiger partial charge in [-0.1, -0.05) is 24.3 Å². The Balaban J connectivity index is 1.47. The zero-order valence-corrected chi connectivity index (χ0v) is 18.5. The Morgan fingerprint density at radius 2 is 2.03 bits per heavy atom. The molecule has 1 aliphatic rings. The molecule has 4 aromatic rings. The first-order chi connectivity index (χ1) is 15.1. The predicted octanol–water partition coefficient (Wildman–Crippen LogP) is 5.07. The van der Waals surface area contributed by atoms with E-state index in [0.29, 0.717) is 12.1 Å². The number of carbonyl (C=O) groups excluding carboxylic acids is 1. The first-order valence-electron chi connectivity index (χ1n) is 10.6. The van der Waals surface area contributed by atoms with Crippen molar-refractivity contribution in [2.75, 3.05) is 18.4 Å². The molecule has 1 unspecified atom stereocenters. The Kier molecular flexibility index (Phi) is 5.19. The van der Waals surface area contributed by atoms with Crippen molar-refractivity contribution in [1.82, 2.24) is 19.7 Å². The SMILES string of the molecule is CC(C)n1ncc2c(C(=O)N3CCC(Nc4ccccc4)C3)cc(-c3cccs3)nc21. The van der Waals surface area contributed by atoms with Crippen molar-refractivity contribution in [2.24, 2.45) is 0 Å². The highest BCUT2D eigenvalue weighted by atomic mass is 32.1. The number of pyridine rings is 1. The smallest absolute Gasteiger partial charge is 0.254 e. The number of rotatable bonds is 5. The van der Waals surface area contributed by atoms with E-state index < -0.39 is 0 Å². The lowest BCUT2D eigenvalue weighted by Crippen LogP contribution is -2.31. The summed E-state index contributed by atoms with van der Waals surface area (Å²) < 4.78 is 1.90. The average molecular weight is 432 g/mol. The molecule has 1 amide bonds. The van der Waals surface area contributed by atoms with Gasteiger partial charge < -0.3 is 10.2 Å². The number of thiophene rings is 1. The van der Waals surface area contributed by atoms with Crippen molar-refractivity contribution >= 4 is 34.0 Å². The van der Waals surface area contributed by atoms with Crippen LogP contribution in [-0.2, 0) is 0 Å². The molecule has 31 heavy (non-hydrogen) atoms. The van der Waals surface area contributed by atoms with Crippen molar-refractivity contribution in [1.29, 1.82) is 0 Å². The minimum absolute atomic E-state index is 0.0471. The molecule has 7 heteroatoms. The van der Waals surface area contributed by atoms with E-state index in [-0.39, 0.29) is 18.0 Å². The molecular weight excluding hydrogens is 406 g/mol. The van der Waals surface area contributed by atoms with Gasteiger partial charge in [-0.25, -0.2) is 9.67 Å². The van der Waals surface area contributed by atoms with Crippen LogP contribution in [0.3, 0.4) is 0 Å². The summed E-state index contributed by atoms with van der Waals surface area (Å²) in [5.74, 6) is 0.0471. The number of hydrogen-bond acceptors (Lipinski definition) is 5. The van der Waals surface area contributed by atoms with Gasteiger partial charge in [-0.3, -0.25) is 4.79 Å². The highest BCUT2D eigenvalue weighted by Crippen LogP contribution is 2.30. The van der Waals surface area contributed by atoms with Crippen molar-refractivity contribution in [2.45, 2.75) is 32.4 Å². The maximum Gasteiger partial charge on any atom is 0.254 e. The number of benzene rings is 1. The predicted molar refractivity (Wildman–Crippen MR) is 126 cm³/mol. The Hall–Kier alpha value is -3.19. The second kappa shape index (κ2) is 8.15. The van der Waals surface area contributed by atoms with Gasteiger partial charge in [0.2, 0.25) is 0 Å². The van der Waals surface area contributed by atoms with E-state index in [2.05, 4.69) is 36.4 Å². The molecule has 1 atom stereocenters. The fourth-order valence-corrected chi connectivity index (χ4v) is 4.81. The summed E-state index contributed by atoms with van der Waals surface area (Å²) in [5.41, 5.74) is 3.36. The standard InChI is InChI=1S/C24H25N5OS/c1-16(2)29-23-20(14-25-29)19(13-21(27-23)22-9-6-12-31-22)24(30)28-11-10-18(15-28)26-17-7-4-3-5-8-17/h3-9,12-14,16,18,26H,10-11,15H2,1-2H3. The Bertz CT molecular complexity index is 1200. The minimum atomic E-state index is 0.0471. The third kappa shape index (κ3) is 3.81. The number of nitrogens with zero attached hydrogens (tertiary/aromatic N) is 4. The van der Waals surface area contributed by atoms with Crippen molar-refractivity contribution in [3.63, 3.8) is 0 Å². The quantitative estimate of drug-likeness (QED) is 0.479. The average Bonchev–Trinajstić information content (AvgIpc) is 3.53. The molecule has 0 spiro atoms. The summed E-state index contributed by atoms with van der Waals surface area (Å²) in [6.45, 7) is 5.57. The number of fused-ring (bicyclic) bond motifs is 1. The number of anilines is 1. The Morgan fingerprint density at radius 1 is 1.19 bits per heavy atom. The van der Waals surface area contributed by atoms with Gasteiger partial charge >= 0.3 is 0 Å². The number of carbonyl (C=O) groups is 1. The molecular formula is C24H25N5OS. The molecule has 1 fully saturated rings. The van der Waals surface area contributed by atoms with Crippen molar-refractivity contribution in [3.05, 3.63) is 65.7 Å². The van der Waals surface area contributed by atoms with Gasteiger partial charge in [0.05, 0.1) is 27.7 Å². The zero-order chi connectivity index (χ0) is 21.4. The van der Waals surface area contributed by atoms with Crippen LogP contribution in [0.15, 0.2) is 60.1 Å². The van der Waals surface area contributed by atoms with Gasteiger partial charge in [-0.2, -0.15) is 5.10 Å². The molecule has 1 saturated heterocycles. The molecule has 6 nitrogen and oxygen atoms in total. The fraction of sp³-hybridized carbons (Fsp3) is 0.292. The van der Waals surface area contributed by atoms with Crippen LogP contribution in [0.5, 0.6) is 0 Å². The van der Waals surface area contributed by atoms with Gasteiger partial charge in [0.25, 0.3) is 5.91 Å². The maximum atomic E-state index is 13.6. The van der Waals surface area contributed by atoms with E-state index in [4.69, 9.17) is 4.98 Å². The first-order valence-corrected chi connectivity index (χ1v) is 11.5. The molecule has 158 valence electrons. The van der Waals surface area contributed by atoms with Gasteiger partial charge in [0, 0.05) is 30.9 Å². The second-order valence-electron chi connectivity index (χ2n) is 8.20. The molecule has 1 aromatic carbocycles. The first kappa shape index (κ1) is 19.8. The van der Waals surface area contributed by atoms with Crippen LogP contribution >= 0.6 is 11.3 Å². The molecule has 0 bridgehead atoms. The third-order valence-electron chi connectivity index (χ3n) is 5.68. The summed E-state index contributed by atoms with van der Waals surface area (Å²) in [7, 11) is 0. The summed E-state index contributed by atoms with van der Waals surface area (Å²) >= 11 is 1.63. The highest BCUT2D eigenvalue weighted by Gasteiger charge is 2.29. The van der Waals surface area contributed by atoms with E-state index in [1.165, 1.54) is 0 Å². The van der Waals surface area contributed by atoms with Gasteiger partial charge in [-0.05, 0) is 49.9 Å². The zero-order valence-electron chi connectivity index (χ0n) is 17.7. The van der Waals surface area contributed by atoms with Gasteiger partial charge in [0.1, 0.15) is 0 Å². The minimum Gasteiger partial charge on any atom is -0.380 e. The van der Waals surface area contributed by atoms with E-state index in [9.17, 15) is 4.79 Å². The molecule has 1 N–H and O–H groups in total. The molecule has 5 rings (SSSR count). The summed E-state index contributed by atoms with van der Waals surface area (Å²) in [6.07, 6.45) is 2.71. The Morgan fingerprint density at radius 3 is 2.77 bits per heavy atom. The van der Waals surface area contributed by atoms with Crippen LogP contribution in [0.4, 0.5) is 5.69 Å². The van der Waals surface area contributed by atoms with Crippen LogP contribution in [0, 0.1) is 0 Å². The maximum absolute atomic E-state index is 13.6. The van der Waals surface area contributed by atoms with Crippen LogP contribution < -0.4 is 5.32 Å². The van der Waals surface area contributed by atoms with E-state index in [1.807, 2.05) is 51.4 Å². The number of nitrogens with one attached hydrogen (secondary N) is 1. The lowest BCUT2D eigenvalue weighted by Gasteiger charge is -2.19. The normalized spacial score (nSPS) is 16.4. The topological polar surface area (TPSA) is 63.1 Å². The summed E-state index contributed by atoms with van der Waals surface area (Å²) in [4.78, 5) is 21.5. The number of likely N-dealkylation sites (tertiary alicyclic amines) is 1. The molecule has 0 aliphatic carbocycles. The molecule has 4 heterocycles. The summed E-state index contributed by atoms with van der Waals surface area (Å²) in [6, 6.07) is 16.6. The van der Waals surface area contributed by atoms with E-state index in [1.54, 1.807) is 17.5 Å². The Labute approximate surface area is 185 Å². The lowest BCUT2D eigenvalue weighted by molar-refractivity contribution is 0.0793. The molecule has 3 aromatic heterocycles. The fourth-order valence-electron chi connectivity index (χ4n) is 4.13. The van der Waals surface area contributed by atoms with Gasteiger partial charge in [0.15, 0.2) is 5.65 Å². The molecule has 1 aliphatic heterocycles. The van der Waals surface area contributed by atoms with Crippen molar-refractivity contribution < 1.29 is 4.79 Å². The lowest BCUT2D eigenvalue weighted by atomic mass is 10.1. The number of aromatic nitrogens is 3. The number of amides is 1. The van der Waals surface area contributed by atoms with Crippen LogP contribution in [0.2, 0.25) is 0 Å². The van der Waals surface area contributed by atoms with E-state index in [0.717, 1.165) is 40.3 Å². The molecule has 0 radical (unpaired) electrons. The highest BCUT2D eigenvalue weighted by molar-refractivity contribution is 7.13. The van der Waals surface area contributed by atoms with Crippen LogP contribution in [0.25, 0.3) is 21.6 Å². The monoisotopic (exact) mass is 431 g/mol.